The van der Waals surface area contributed by atoms with E-state index in [1.807, 2.05) is 13.0 Å². The molecule has 0 fully saturated rings. The monoisotopic (exact) mass is 382 g/mol. The summed E-state index contributed by atoms with van der Waals surface area (Å²) in [7, 11) is 0. The fourth-order valence-corrected chi connectivity index (χ4v) is 2.97. The van der Waals surface area contributed by atoms with Gasteiger partial charge in [-0.3, -0.25) is 9.59 Å². The molecule has 0 saturated carbocycles. The Balaban J connectivity index is 1.96. The molecule has 0 unspecified atom stereocenters. The van der Waals surface area contributed by atoms with Crippen molar-refractivity contribution in [3.63, 3.8) is 0 Å². The molecule has 5 nitrogen and oxygen atoms in total. The van der Waals surface area contributed by atoms with Gasteiger partial charge in [-0.2, -0.15) is 0 Å². The number of likely N-dealkylation sites (N-methyl/N-ethyl adjacent to an activating group) is 1. The number of nitrogens with one attached hydrogen (secondary N) is 2. The molecule has 0 saturated heterocycles. The van der Waals surface area contributed by atoms with Crippen molar-refractivity contribution in [2.45, 2.75) is 6.92 Å². The van der Waals surface area contributed by atoms with Crippen LogP contribution in [-0.2, 0) is 4.79 Å². The van der Waals surface area contributed by atoms with Crippen LogP contribution in [-0.4, -0.2) is 25.0 Å². The van der Waals surface area contributed by atoms with Crippen molar-refractivity contribution in [1.82, 2.24) is 5.32 Å². The molecule has 116 valence electrons. The maximum Gasteiger partial charge on any atom is 0.265 e. The molecule has 0 radical (unpaired) electrons. The van der Waals surface area contributed by atoms with Gasteiger partial charge < -0.3 is 15.4 Å². The second-order valence-corrected chi connectivity index (χ2v) is 6.79. The van der Waals surface area contributed by atoms with Crippen molar-refractivity contribution in [3.05, 3.63) is 45.1 Å². The van der Waals surface area contributed by atoms with Gasteiger partial charge in [0.25, 0.3) is 11.8 Å². The van der Waals surface area contributed by atoms with E-state index in [-0.39, 0.29) is 18.4 Å². The van der Waals surface area contributed by atoms with Crippen LogP contribution in [0.5, 0.6) is 5.75 Å². The standard InChI is InChI=1S/C15H15BrN2O3S/c1-2-17-14(19)9-21-11-5-3-4-10(8-11)18-15(20)12-6-7-13(16)22-12/h3-8H,2,9H2,1H3,(H,17,19)(H,18,20). The zero-order valence-corrected chi connectivity index (χ0v) is 14.3. The topological polar surface area (TPSA) is 67.4 Å². The Kier molecular flexibility index (Phi) is 5.97. The maximum atomic E-state index is 12.1. The second kappa shape index (κ2) is 7.95. The molecule has 0 spiro atoms. The number of hydrogen-bond acceptors (Lipinski definition) is 4. The summed E-state index contributed by atoms with van der Waals surface area (Å²) in [5.41, 5.74) is 0.614. The lowest BCUT2D eigenvalue weighted by Crippen LogP contribution is -2.28. The largest absolute Gasteiger partial charge is 0.484 e. The Morgan fingerprint density at radius 2 is 2.09 bits per heavy atom. The molecule has 1 aromatic heterocycles. The van der Waals surface area contributed by atoms with E-state index in [1.54, 1.807) is 30.3 Å². The molecule has 2 N–H and O–H groups in total. The van der Waals surface area contributed by atoms with Gasteiger partial charge in [-0.25, -0.2) is 0 Å². The van der Waals surface area contributed by atoms with Crippen molar-refractivity contribution in [2.75, 3.05) is 18.5 Å². The molecule has 0 bridgehead atoms. The number of carbonyl (C=O) groups is 2. The van der Waals surface area contributed by atoms with E-state index < -0.39 is 0 Å². The summed E-state index contributed by atoms with van der Waals surface area (Å²) in [5.74, 6) is 0.161. The summed E-state index contributed by atoms with van der Waals surface area (Å²) in [4.78, 5) is 24.0. The fourth-order valence-electron chi connectivity index (χ4n) is 1.69. The van der Waals surface area contributed by atoms with Crippen LogP contribution >= 0.6 is 27.3 Å². The van der Waals surface area contributed by atoms with Crippen molar-refractivity contribution >= 4 is 44.8 Å². The number of amides is 2. The number of benzene rings is 1. The molecule has 1 aromatic carbocycles. The van der Waals surface area contributed by atoms with Crippen LogP contribution in [0.15, 0.2) is 40.2 Å². The van der Waals surface area contributed by atoms with Gasteiger partial charge in [0.15, 0.2) is 6.61 Å². The zero-order chi connectivity index (χ0) is 15.9. The van der Waals surface area contributed by atoms with Crippen LogP contribution in [0.1, 0.15) is 16.6 Å². The number of halogens is 1. The van der Waals surface area contributed by atoms with E-state index >= 15 is 0 Å². The van der Waals surface area contributed by atoms with Crippen LogP contribution in [0.3, 0.4) is 0 Å². The van der Waals surface area contributed by atoms with Crippen LogP contribution < -0.4 is 15.4 Å². The summed E-state index contributed by atoms with van der Waals surface area (Å²) in [5, 5.41) is 5.44. The highest BCUT2D eigenvalue weighted by atomic mass is 79.9. The number of anilines is 1. The normalized spacial score (nSPS) is 10.1. The minimum atomic E-state index is -0.184. The molecule has 0 aliphatic carbocycles. The minimum Gasteiger partial charge on any atom is -0.484 e. The molecule has 0 aliphatic rings. The van der Waals surface area contributed by atoms with Crippen LogP contribution in [0.2, 0.25) is 0 Å². The molecule has 7 heteroatoms. The third-order valence-electron chi connectivity index (χ3n) is 2.63. The number of thiophene rings is 1. The van der Waals surface area contributed by atoms with Crippen LogP contribution in [0.4, 0.5) is 5.69 Å². The average molecular weight is 383 g/mol. The Bertz CT molecular complexity index is 672. The molecule has 1 heterocycles. The summed E-state index contributed by atoms with van der Waals surface area (Å²) in [6, 6.07) is 10.5. The molecule has 22 heavy (non-hydrogen) atoms. The lowest BCUT2D eigenvalue weighted by Gasteiger charge is -2.08. The first-order valence-electron chi connectivity index (χ1n) is 6.64. The van der Waals surface area contributed by atoms with E-state index in [1.165, 1.54) is 11.3 Å². The van der Waals surface area contributed by atoms with Crippen molar-refractivity contribution in [2.24, 2.45) is 0 Å². The van der Waals surface area contributed by atoms with Gasteiger partial charge in [-0.05, 0) is 47.1 Å². The fraction of sp³-hybridized carbons (Fsp3) is 0.200. The maximum absolute atomic E-state index is 12.1. The number of carbonyl (C=O) groups excluding carboxylic acids is 2. The lowest BCUT2D eigenvalue weighted by molar-refractivity contribution is -0.122. The Labute approximate surface area is 140 Å². The van der Waals surface area contributed by atoms with Gasteiger partial charge in [0.05, 0.1) is 8.66 Å². The summed E-state index contributed by atoms with van der Waals surface area (Å²) >= 11 is 4.68. The first kappa shape index (κ1) is 16.5. The van der Waals surface area contributed by atoms with E-state index in [2.05, 4.69) is 26.6 Å². The van der Waals surface area contributed by atoms with Crippen LogP contribution in [0.25, 0.3) is 0 Å². The molecule has 2 rings (SSSR count). The van der Waals surface area contributed by atoms with E-state index in [0.29, 0.717) is 22.9 Å². The summed E-state index contributed by atoms with van der Waals surface area (Å²) in [6.07, 6.45) is 0. The SMILES string of the molecule is CCNC(=O)COc1cccc(NC(=O)c2ccc(Br)s2)c1. The molecule has 2 aromatic rings. The van der Waals surface area contributed by atoms with Gasteiger partial charge in [0.1, 0.15) is 5.75 Å². The highest BCUT2D eigenvalue weighted by molar-refractivity contribution is 9.11. The Hall–Kier alpha value is -1.86. The predicted octanol–water partition coefficient (Wildman–Crippen LogP) is 3.28. The van der Waals surface area contributed by atoms with Crippen molar-refractivity contribution in [3.8, 4) is 5.75 Å². The number of ether oxygens (including phenoxy) is 1. The summed E-state index contributed by atoms with van der Waals surface area (Å²) < 4.78 is 6.28. The second-order valence-electron chi connectivity index (χ2n) is 4.33. The number of rotatable bonds is 6. The van der Waals surface area contributed by atoms with E-state index in [4.69, 9.17) is 4.74 Å². The molecule has 0 aliphatic heterocycles. The van der Waals surface area contributed by atoms with Crippen molar-refractivity contribution in [1.29, 1.82) is 0 Å². The third kappa shape index (κ3) is 4.85. The first-order chi connectivity index (χ1) is 10.6. The van der Waals surface area contributed by atoms with E-state index in [9.17, 15) is 9.59 Å². The first-order valence-corrected chi connectivity index (χ1v) is 8.25. The summed E-state index contributed by atoms with van der Waals surface area (Å²) in [6.45, 7) is 2.36. The predicted molar refractivity (Wildman–Crippen MR) is 90.6 cm³/mol. The zero-order valence-electron chi connectivity index (χ0n) is 11.9. The van der Waals surface area contributed by atoms with Crippen LogP contribution in [0, 0.1) is 0 Å². The molecule has 0 atom stereocenters. The van der Waals surface area contributed by atoms with Gasteiger partial charge >= 0.3 is 0 Å². The molecular formula is C15H15BrN2O3S. The highest BCUT2D eigenvalue weighted by Crippen LogP contribution is 2.24. The Morgan fingerprint density at radius 3 is 2.77 bits per heavy atom. The molecular weight excluding hydrogens is 368 g/mol. The highest BCUT2D eigenvalue weighted by Gasteiger charge is 2.09. The number of hydrogen-bond donors (Lipinski definition) is 2. The third-order valence-corrected chi connectivity index (χ3v) is 4.26. The minimum absolute atomic E-state index is 0.0525. The quantitative estimate of drug-likeness (QED) is 0.805. The van der Waals surface area contributed by atoms with Gasteiger partial charge in [-0.1, -0.05) is 6.07 Å². The van der Waals surface area contributed by atoms with Gasteiger partial charge in [0, 0.05) is 18.3 Å². The van der Waals surface area contributed by atoms with Gasteiger partial charge in [-0.15, -0.1) is 11.3 Å². The smallest absolute Gasteiger partial charge is 0.265 e. The van der Waals surface area contributed by atoms with Gasteiger partial charge in [0.2, 0.25) is 0 Å². The molecule has 2 amide bonds. The average Bonchev–Trinajstić information content (AvgIpc) is 2.93. The van der Waals surface area contributed by atoms with Crippen molar-refractivity contribution < 1.29 is 14.3 Å². The lowest BCUT2D eigenvalue weighted by atomic mass is 10.3. The van der Waals surface area contributed by atoms with E-state index in [0.717, 1.165) is 3.79 Å². The Morgan fingerprint density at radius 1 is 1.27 bits per heavy atom.